The van der Waals surface area contributed by atoms with Gasteiger partial charge >= 0.3 is 12.2 Å². The van der Waals surface area contributed by atoms with Crippen molar-refractivity contribution in [2.45, 2.75) is 19.3 Å². The molecule has 4 rings (SSSR count). The molecule has 0 atom stereocenters. The highest BCUT2D eigenvalue weighted by Crippen LogP contribution is 2.41. The molecule has 2 heterocycles. The second kappa shape index (κ2) is 7.55. The summed E-state index contributed by atoms with van der Waals surface area (Å²) < 4.78 is 54.4. The number of nitrogens with zero attached hydrogens (tertiary/aromatic N) is 2. The minimum atomic E-state index is -4.55. The number of fused-ring (bicyclic) bond motifs is 1. The number of alkyl halides is 3. The van der Waals surface area contributed by atoms with E-state index >= 15 is 0 Å². The van der Waals surface area contributed by atoms with E-state index in [4.69, 9.17) is 0 Å². The van der Waals surface area contributed by atoms with E-state index in [9.17, 15) is 22.4 Å². The third-order valence-electron chi connectivity index (χ3n) is 5.17. The highest BCUT2D eigenvalue weighted by Gasteiger charge is 2.36. The average molecular weight is 408 g/mol. The van der Waals surface area contributed by atoms with E-state index in [2.05, 4.69) is 10.6 Å². The van der Waals surface area contributed by atoms with E-state index < -0.39 is 23.6 Å². The van der Waals surface area contributed by atoms with Gasteiger partial charge in [-0.15, -0.1) is 0 Å². The van der Waals surface area contributed by atoms with Crippen LogP contribution in [0, 0.1) is 5.82 Å². The van der Waals surface area contributed by atoms with Crippen LogP contribution >= 0.6 is 0 Å². The fourth-order valence-corrected chi connectivity index (χ4v) is 3.76. The van der Waals surface area contributed by atoms with Crippen molar-refractivity contribution >= 4 is 17.4 Å². The number of amides is 2. The zero-order valence-corrected chi connectivity index (χ0v) is 15.5. The van der Waals surface area contributed by atoms with Crippen molar-refractivity contribution in [3.05, 3.63) is 58.9 Å². The molecular weight excluding hydrogens is 388 g/mol. The molecule has 5 nitrogen and oxygen atoms in total. The summed E-state index contributed by atoms with van der Waals surface area (Å²) in [6.45, 7) is 2.61. The summed E-state index contributed by atoms with van der Waals surface area (Å²) in [5.74, 6) is -0.467. The fraction of sp³-hybridized carbons (Fsp3) is 0.350. The van der Waals surface area contributed by atoms with Crippen molar-refractivity contribution < 1.29 is 22.4 Å². The van der Waals surface area contributed by atoms with Gasteiger partial charge in [-0.2, -0.15) is 13.2 Å². The van der Waals surface area contributed by atoms with Gasteiger partial charge in [0.2, 0.25) is 0 Å². The van der Waals surface area contributed by atoms with Gasteiger partial charge in [-0.3, -0.25) is 4.90 Å². The zero-order chi connectivity index (χ0) is 20.6. The van der Waals surface area contributed by atoms with Gasteiger partial charge in [0.15, 0.2) is 0 Å². The lowest BCUT2D eigenvalue weighted by atomic mass is 10.0. The highest BCUT2D eigenvalue weighted by atomic mass is 19.4. The molecule has 2 aliphatic rings. The Morgan fingerprint density at radius 1 is 1.03 bits per heavy atom. The molecule has 0 saturated carbocycles. The van der Waals surface area contributed by atoms with Gasteiger partial charge in [-0.05, 0) is 29.8 Å². The number of nitrogens with one attached hydrogen (secondary N) is 2. The maximum absolute atomic E-state index is 13.6. The Morgan fingerprint density at radius 3 is 2.45 bits per heavy atom. The molecule has 2 aliphatic heterocycles. The van der Waals surface area contributed by atoms with Crippen LogP contribution in [0.4, 0.5) is 33.7 Å². The van der Waals surface area contributed by atoms with Crippen LogP contribution in [0.1, 0.15) is 16.7 Å². The summed E-state index contributed by atoms with van der Waals surface area (Å²) >= 11 is 0. The molecule has 0 aromatic heterocycles. The van der Waals surface area contributed by atoms with E-state index in [-0.39, 0.29) is 18.8 Å². The van der Waals surface area contributed by atoms with Crippen LogP contribution in [0.5, 0.6) is 0 Å². The predicted molar refractivity (Wildman–Crippen MR) is 101 cm³/mol. The third-order valence-corrected chi connectivity index (χ3v) is 5.17. The molecule has 2 amide bonds. The summed E-state index contributed by atoms with van der Waals surface area (Å²) in [5.41, 5.74) is 1.01. The molecule has 29 heavy (non-hydrogen) atoms. The van der Waals surface area contributed by atoms with E-state index in [1.54, 1.807) is 6.07 Å². The number of halogens is 4. The van der Waals surface area contributed by atoms with Crippen molar-refractivity contribution in [2.24, 2.45) is 0 Å². The molecule has 9 heteroatoms. The molecular formula is C20H20F4N4O. The lowest BCUT2D eigenvalue weighted by molar-refractivity contribution is -0.137. The smallest absolute Gasteiger partial charge is 0.369 e. The van der Waals surface area contributed by atoms with E-state index in [1.165, 1.54) is 23.1 Å². The summed E-state index contributed by atoms with van der Waals surface area (Å²) in [6.07, 6.45) is -4.55. The quantitative estimate of drug-likeness (QED) is 0.765. The van der Waals surface area contributed by atoms with Gasteiger partial charge in [0, 0.05) is 44.0 Å². The standard InChI is InChI=1S/C20H20F4N4O/c21-15-3-1-2-13(8-15)12-28-18-10-14(20(22,23)24)9-17(16(18)11-26-19(28)29)27-6-4-25-5-7-27/h1-3,8-10,25H,4-7,11-12H2,(H,26,29). The molecule has 0 unspecified atom stereocenters. The molecule has 2 aromatic carbocycles. The van der Waals surface area contributed by atoms with Crippen LogP contribution in [0.2, 0.25) is 0 Å². The first-order valence-electron chi connectivity index (χ1n) is 9.32. The molecule has 0 radical (unpaired) electrons. The third kappa shape index (κ3) is 4.00. The number of hydrogen-bond acceptors (Lipinski definition) is 3. The number of carbonyl (C=O) groups excluding carboxylic acids is 1. The monoisotopic (exact) mass is 408 g/mol. The fourth-order valence-electron chi connectivity index (χ4n) is 3.76. The molecule has 0 aliphatic carbocycles. The molecule has 0 bridgehead atoms. The summed E-state index contributed by atoms with van der Waals surface area (Å²) in [5, 5.41) is 5.91. The lowest BCUT2D eigenvalue weighted by Crippen LogP contribution is -2.47. The van der Waals surface area contributed by atoms with Crippen LogP contribution in [0.25, 0.3) is 0 Å². The van der Waals surface area contributed by atoms with Crippen molar-refractivity contribution in [1.29, 1.82) is 0 Å². The minimum Gasteiger partial charge on any atom is -0.369 e. The molecule has 154 valence electrons. The summed E-state index contributed by atoms with van der Waals surface area (Å²) in [4.78, 5) is 15.7. The Kier molecular flexibility index (Phi) is 5.08. The first kappa shape index (κ1) is 19.5. The Balaban J connectivity index is 1.80. The van der Waals surface area contributed by atoms with Gasteiger partial charge in [0.05, 0.1) is 17.8 Å². The summed E-state index contributed by atoms with van der Waals surface area (Å²) in [7, 11) is 0. The van der Waals surface area contributed by atoms with Crippen molar-refractivity contribution in [3.63, 3.8) is 0 Å². The Morgan fingerprint density at radius 2 is 1.76 bits per heavy atom. The Hall–Kier alpha value is -2.81. The van der Waals surface area contributed by atoms with Gasteiger partial charge in [0.25, 0.3) is 0 Å². The number of carbonyl (C=O) groups is 1. The maximum Gasteiger partial charge on any atom is 0.416 e. The van der Waals surface area contributed by atoms with Crippen LogP contribution in [0.15, 0.2) is 36.4 Å². The topological polar surface area (TPSA) is 47.6 Å². The van der Waals surface area contributed by atoms with Gasteiger partial charge in [-0.1, -0.05) is 12.1 Å². The SMILES string of the molecule is O=C1NCc2c(N3CCNCC3)cc(C(F)(F)F)cc2N1Cc1cccc(F)c1. The predicted octanol–water partition coefficient (Wildman–Crippen LogP) is 3.48. The number of piperazine rings is 1. The number of hydrogen-bond donors (Lipinski definition) is 2. The Bertz CT molecular complexity index is 925. The first-order valence-corrected chi connectivity index (χ1v) is 9.32. The average Bonchev–Trinajstić information content (AvgIpc) is 2.69. The molecule has 2 aromatic rings. The van der Waals surface area contributed by atoms with Gasteiger partial charge < -0.3 is 15.5 Å². The number of urea groups is 1. The normalized spacial score (nSPS) is 17.2. The molecule has 1 fully saturated rings. The number of rotatable bonds is 3. The van der Waals surface area contributed by atoms with E-state index in [0.717, 1.165) is 12.1 Å². The van der Waals surface area contributed by atoms with Crippen LogP contribution in [0.3, 0.4) is 0 Å². The van der Waals surface area contributed by atoms with E-state index in [1.807, 2.05) is 4.90 Å². The minimum absolute atomic E-state index is 0.0289. The number of benzene rings is 2. The lowest BCUT2D eigenvalue weighted by Gasteiger charge is -2.37. The summed E-state index contributed by atoms with van der Waals surface area (Å²) in [6, 6.07) is 7.35. The molecule has 2 N–H and O–H groups in total. The highest BCUT2D eigenvalue weighted by molar-refractivity contribution is 5.96. The second-order valence-electron chi connectivity index (χ2n) is 7.10. The largest absolute Gasteiger partial charge is 0.416 e. The second-order valence-corrected chi connectivity index (χ2v) is 7.10. The van der Waals surface area contributed by atoms with Crippen LogP contribution < -0.4 is 20.4 Å². The first-order chi connectivity index (χ1) is 13.8. The zero-order valence-electron chi connectivity index (χ0n) is 15.5. The van der Waals surface area contributed by atoms with E-state index in [0.29, 0.717) is 43.0 Å². The van der Waals surface area contributed by atoms with Crippen molar-refractivity contribution in [3.8, 4) is 0 Å². The molecule has 1 saturated heterocycles. The van der Waals surface area contributed by atoms with Gasteiger partial charge in [-0.25, -0.2) is 9.18 Å². The van der Waals surface area contributed by atoms with Crippen LogP contribution in [-0.4, -0.2) is 32.2 Å². The molecule has 0 spiro atoms. The van der Waals surface area contributed by atoms with Crippen LogP contribution in [-0.2, 0) is 19.3 Å². The van der Waals surface area contributed by atoms with Crippen molar-refractivity contribution in [1.82, 2.24) is 10.6 Å². The Labute approximate surface area is 165 Å². The number of anilines is 2. The van der Waals surface area contributed by atoms with Crippen molar-refractivity contribution in [2.75, 3.05) is 36.0 Å². The maximum atomic E-state index is 13.6. The van der Waals surface area contributed by atoms with Gasteiger partial charge in [0.1, 0.15) is 5.82 Å².